The summed E-state index contributed by atoms with van der Waals surface area (Å²) in [7, 11) is 4.65. The van der Waals surface area contributed by atoms with E-state index >= 15 is 0 Å². The number of hydrogen-bond acceptors (Lipinski definition) is 5. The molecule has 0 radical (unpaired) electrons. The molecule has 6 heteroatoms. The maximum absolute atomic E-state index is 12.2. The molecule has 0 saturated heterocycles. The molecule has 0 spiro atoms. The predicted molar refractivity (Wildman–Crippen MR) is 90.2 cm³/mol. The van der Waals surface area contributed by atoms with Crippen LogP contribution in [0.1, 0.15) is 25.8 Å². The number of ether oxygens (including phenoxy) is 3. The molecule has 0 aliphatic heterocycles. The highest BCUT2D eigenvalue weighted by atomic mass is 16.5. The van der Waals surface area contributed by atoms with Gasteiger partial charge >= 0.3 is 0 Å². The van der Waals surface area contributed by atoms with E-state index in [2.05, 4.69) is 19.2 Å². The van der Waals surface area contributed by atoms with Crippen molar-refractivity contribution < 1.29 is 19.0 Å². The number of hydrogen-bond donors (Lipinski definition) is 2. The number of carbonyl (C=O) groups excluding carboxylic acids is 1. The summed E-state index contributed by atoms with van der Waals surface area (Å²) >= 11 is 0. The highest BCUT2D eigenvalue weighted by Crippen LogP contribution is 2.38. The summed E-state index contributed by atoms with van der Waals surface area (Å²) in [5.74, 6) is 1.98. The van der Waals surface area contributed by atoms with Gasteiger partial charge in [0.2, 0.25) is 11.7 Å². The zero-order chi connectivity index (χ0) is 17.4. The second kappa shape index (κ2) is 9.25. The zero-order valence-electron chi connectivity index (χ0n) is 14.6. The highest BCUT2D eigenvalue weighted by molar-refractivity contribution is 5.79. The maximum atomic E-state index is 12.2. The van der Waals surface area contributed by atoms with Crippen LogP contribution in [0, 0.1) is 5.92 Å². The first kappa shape index (κ1) is 19.1. The SMILES string of the molecule is COc1cc(CC(=O)NC(CN)CC(C)C)cc(OC)c1OC. The van der Waals surface area contributed by atoms with Gasteiger partial charge in [-0.25, -0.2) is 0 Å². The fourth-order valence-electron chi connectivity index (χ4n) is 2.48. The third-order valence-corrected chi connectivity index (χ3v) is 3.49. The van der Waals surface area contributed by atoms with Gasteiger partial charge in [-0.3, -0.25) is 4.79 Å². The maximum Gasteiger partial charge on any atom is 0.224 e. The predicted octanol–water partition coefficient (Wildman–Crippen LogP) is 1.74. The van der Waals surface area contributed by atoms with Crippen LogP contribution in [0.4, 0.5) is 0 Å². The molecule has 0 fully saturated rings. The Morgan fingerprint density at radius 1 is 1.13 bits per heavy atom. The van der Waals surface area contributed by atoms with Crippen molar-refractivity contribution in [2.45, 2.75) is 32.7 Å². The number of methoxy groups -OCH3 is 3. The fourth-order valence-corrected chi connectivity index (χ4v) is 2.48. The first-order chi connectivity index (χ1) is 10.9. The topological polar surface area (TPSA) is 82.8 Å². The van der Waals surface area contributed by atoms with Gasteiger partial charge in [-0.15, -0.1) is 0 Å². The lowest BCUT2D eigenvalue weighted by atomic mass is 10.0. The van der Waals surface area contributed by atoms with Crippen LogP contribution in [0.25, 0.3) is 0 Å². The van der Waals surface area contributed by atoms with Gasteiger partial charge in [0.15, 0.2) is 11.5 Å². The molecule has 130 valence electrons. The molecule has 1 rings (SSSR count). The van der Waals surface area contributed by atoms with Crippen LogP contribution in [0.15, 0.2) is 12.1 Å². The van der Waals surface area contributed by atoms with E-state index in [0.717, 1.165) is 12.0 Å². The van der Waals surface area contributed by atoms with Gasteiger partial charge in [-0.05, 0) is 30.0 Å². The number of carbonyl (C=O) groups is 1. The third kappa shape index (κ3) is 5.63. The molecule has 0 saturated carbocycles. The standard InChI is InChI=1S/C17H28N2O4/c1-11(2)6-13(10-18)19-16(20)9-12-7-14(21-3)17(23-5)15(8-12)22-4/h7-8,11,13H,6,9-10,18H2,1-5H3,(H,19,20). The van der Waals surface area contributed by atoms with Crippen LogP contribution in [0.2, 0.25) is 0 Å². The van der Waals surface area contributed by atoms with Crippen LogP contribution in [0.3, 0.4) is 0 Å². The van der Waals surface area contributed by atoms with Gasteiger partial charge in [-0.2, -0.15) is 0 Å². The minimum atomic E-state index is -0.0737. The van der Waals surface area contributed by atoms with E-state index in [9.17, 15) is 4.79 Å². The number of nitrogens with two attached hydrogens (primary N) is 1. The Morgan fingerprint density at radius 2 is 1.70 bits per heavy atom. The van der Waals surface area contributed by atoms with Gasteiger partial charge in [-0.1, -0.05) is 13.8 Å². The summed E-state index contributed by atoms with van der Waals surface area (Å²) in [6.45, 7) is 4.64. The van der Waals surface area contributed by atoms with Crippen molar-refractivity contribution in [2.75, 3.05) is 27.9 Å². The minimum absolute atomic E-state index is 0.00969. The normalized spacial score (nSPS) is 12.0. The molecule has 1 unspecified atom stereocenters. The second-order valence-electron chi connectivity index (χ2n) is 5.84. The lowest BCUT2D eigenvalue weighted by Gasteiger charge is -2.19. The highest BCUT2D eigenvalue weighted by Gasteiger charge is 2.17. The monoisotopic (exact) mass is 324 g/mol. The summed E-state index contributed by atoms with van der Waals surface area (Å²) in [5, 5.41) is 2.97. The Bertz CT molecular complexity index is 492. The third-order valence-electron chi connectivity index (χ3n) is 3.49. The lowest BCUT2D eigenvalue weighted by molar-refractivity contribution is -0.121. The molecule has 3 N–H and O–H groups in total. The number of benzene rings is 1. The Labute approximate surface area is 138 Å². The molecule has 0 aliphatic rings. The average Bonchev–Trinajstić information content (AvgIpc) is 2.52. The quantitative estimate of drug-likeness (QED) is 0.723. The summed E-state index contributed by atoms with van der Waals surface area (Å²) in [6, 6.07) is 3.55. The molecule has 0 heterocycles. The summed E-state index contributed by atoms with van der Waals surface area (Å²) in [4.78, 5) is 12.2. The molecule has 0 aromatic heterocycles. The van der Waals surface area contributed by atoms with Crippen molar-refractivity contribution in [3.63, 3.8) is 0 Å². The smallest absolute Gasteiger partial charge is 0.224 e. The largest absolute Gasteiger partial charge is 0.493 e. The Balaban J connectivity index is 2.85. The van der Waals surface area contributed by atoms with Gasteiger partial charge in [0, 0.05) is 12.6 Å². The van der Waals surface area contributed by atoms with E-state index in [1.54, 1.807) is 33.5 Å². The summed E-state index contributed by atoms with van der Waals surface area (Å²) < 4.78 is 15.9. The average molecular weight is 324 g/mol. The molecule has 1 atom stereocenters. The Morgan fingerprint density at radius 3 is 2.09 bits per heavy atom. The number of nitrogens with one attached hydrogen (secondary N) is 1. The number of rotatable bonds is 9. The van der Waals surface area contributed by atoms with Crippen molar-refractivity contribution >= 4 is 5.91 Å². The molecule has 23 heavy (non-hydrogen) atoms. The fraction of sp³-hybridized carbons (Fsp3) is 0.588. The van der Waals surface area contributed by atoms with Gasteiger partial charge in [0.1, 0.15) is 0 Å². The molecular formula is C17H28N2O4. The zero-order valence-corrected chi connectivity index (χ0v) is 14.6. The summed E-state index contributed by atoms with van der Waals surface area (Å²) in [5.41, 5.74) is 6.51. The van der Waals surface area contributed by atoms with E-state index in [1.165, 1.54) is 0 Å². The van der Waals surface area contributed by atoms with Gasteiger partial charge in [0.25, 0.3) is 0 Å². The van der Waals surface area contributed by atoms with E-state index in [1.807, 2.05) is 0 Å². The first-order valence-electron chi connectivity index (χ1n) is 7.73. The van der Waals surface area contributed by atoms with E-state index < -0.39 is 0 Å². The molecule has 1 amide bonds. The Hall–Kier alpha value is -1.95. The molecular weight excluding hydrogens is 296 g/mol. The van der Waals surface area contributed by atoms with Crippen LogP contribution in [0.5, 0.6) is 17.2 Å². The minimum Gasteiger partial charge on any atom is -0.493 e. The Kier molecular flexibility index (Phi) is 7.68. The van der Waals surface area contributed by atoms with Crippen LogP contribution < -0.4 is 25.3 Å². The van der Waals surface area contributed by atoms with Crippen LogP contribution >= 0.6 is 0 Å². The molecule has 6 nitrogen and oxygen atoms in total. The van der Waals surface area contributed by atoms with Crippen molar-refractivity contribution in [3.8, 4) is 17.2 Å². The molecule has 1 aromatic carbocycles. The summed E-state index contributed by atoms with van der Waals surface area (Å²) in [6.07, 6.45) is 1.09. The molecule has 1 aromatic rings. The number of amides is 1. The van der Waals surface area contributed by atoms with Gasteiger partial charge < -0.3 is 25.3 Å². The second-order valence-corrected chi connectivity index (χ2v) is 5.84. The van der Waals surface area contributed by atoms with Crippen molar-refractivity contribution in [2.24, 2.45) is 11.7 Å². The van der Waals surface area contributed by atoms with Crippen LogP contribution in [-0.2, 0) is 11.2 Å². The van der Waals surface area contributed by atoms with Crippen LogP contribution in [-0.4, -0.2) is 39.8 Å². The first-order valence-corrected chi connectivity index (χ1v) is 7.73. The van der Waals surface area contributed by atoms with Crippen molar-refractivity contribution in [1.29, 1.82) is 0 Å². The van der Waals surface area contributed by atoms with E-state index in [-0.39, 0.29) is 18.4 Å². The van der Waals surface area contributed by atoms with Crippen molar-refractivity contribution in [3.05, 3.63) is 17.7 Å². The molecule has 0 aliphatic carbocycles. The van der Waals surface area contributed by atoms with Gasteiger partial charge in [0.05, 0.1) is 27.8 Å². The lowest BCUT2D eigenvalue weighted by Crippen LogP contribution is -2.41. The van der Waals surface area contributed by atoms with Crippen molar-refractivity contribution in [1.82, 2.24) is 5.32 Å². The van der Waals surface area contributed by atoms with E-state index in [0.29, 0.717) is 29.7 Å². The van der Waals surface area contributed by atoms with E-state index in [4.69, 9.17) is 19.9 Å². The molecule has 0 bridgehead atoms.